The molecule has 3 heterocycles. The zero-order valence-corrected chi connectivity index (χ0v) is 13.0. The Balaban J connectivity index is 1.63. The highest BCUT2D eigenvalue weighted by atomic mass is 19.3. The van der Waals surface area contributed by atoms with Gasteiger partial charge in [0.15, 0.2) is 0 Å². The minimum atomic E-state index is -3.01. The number of carbonyl (C=O) groups excluding carboxylic acids is 1. The monoisotopic (exact) mass is 354 g/mol. The molecule has 0 bridgehead atoms. The Morgan fingerprint density at radius 1 is 1.52 bits per heavy atom. The topological polar surface area (TPSA) is 108 Å². The Bertz CT molecular complexity index is 749. The largest absolute Gasteiger partial charge is 0.465 e. The number of H-pyrrole nitrogens is 1. The maximum Gasteiger partial charge on any atom is 0.408 e. The second-order valence-corrected chi connectivity index (χ2v) is 5.68. The predicted octanol–water partition coefficient (Wildman–Crippen LogP) is 1.54. The summed E-state index contributed by atoms with van der Waals surface area (Å²) in [6, 6.07) is 2.54. The number of carbonyl (C=O) groups is 2. The first-order chi connectivity index (χ1) is 11.9. The van der Waals surface area contributed by atoms with Crippen molar-refractivity contribution in [3.63, 3.8) is 0 Å². The SMILES string of the molecule is O=C(NCc1cc2cnccc2[nH]1)[C@@H]1C[C@@H](OC(F)F)CN1C(=O)O. The third-order valence-electron chi connectivity index (χ3n) is 4.04. The van der Waals surface area contributed by atoms with Crippen LogP contribution in [0.2, 0.25) is 0 Å². The van der Waals surface area contributed by atoms with Crippen LogP contribution < -0.4 is 5.32 Å². The molecule has 10 heteroatoms. The lowest BCUT2D eigenvalue weighted by Gasteiger charge is -2.20. The van der Waals surface area contributed by atoms with E-state index in [9.17, 15) is 18.4 Å². The highest BCUT2D eigenvalue weighted by molar-refractivity contribution is 5.86. The molecule has 25 heavy (non-hydrogen) atoms. The van der Waals surface area contributed by atoms with Gasteiger partial charge in [-0.05, 0) is 12.1 Å². The van der Waals surface area contributed by atoms with Crippen LogP contribution in [0.5, 0.6) is 0 Å². The van der Waals surface area contributed by atoms with E-state index < -0.39 is 30.8 Å². The van der Waals surface area contributed by atoms with Crippen LogP contribution in [-0.2, 0) is 16.1 Å². The van der Waals surface area contributed by atoms with Gasteiger partial charge in [-0.3, -0.25) is 14.7 Å². The number of nitrogens with zero attached hydrogens (tertiary/aromatic N) is 2. The molecular formula is C15H16F2N4O4. The molecule has 1 aliphatic rings. The molecule has 0 saturated carbocycles. The Hall–Kier alpha value is -2.75. The summed E-state index contributed by atoms with van der Waals surface area (Å²) in [4.78, 5) is 31.4. The smallest absolute Gasteiger partial charge is 0.408 e. The number of aromatic nitrogens is 2. The van der Waals surface area contributed by atoms with Gasteiger partial charge < -0.3 is 20.1 Å². The number of halogens is 2. The van der Waals surface area contributed by atoms with E-state index >= 15 is 0 Å². The van der Waals surface area contributed by atoms with Crippen molar-refractivity contribution in [2.45, 2.75) is 31.7 Å². The van der Waals surface area contributed by atoms with Crippen molar-refractivity contribution in [1.29, 1.82) is 0 Å². The Labute approximate surface area is 140 Å². The molecule has 2 aromatic rings. The molecule has 2 amide bonds. The summed E-state index contributed by atoms with van der Waals surface area (Å²) >= 11 is 0. The summed E-state index contributed by atoms with van der Waals surface area (Å²) in [5.41, 5.74) is 1.58. The van der Waals surface area contributed by atoms with Gasteiger partial charge in [0.25, 0.3) is 0 Å². The van der Waals surface area contributed by atoms with Gasteiger partial charge in [-0.1, -0.05) is 0 Å². The number of hydrogen-bond donors (Lipinski definition) is 3. The average Bonchev–Trinajstić information content (AvgIpc) is 3.15. The molecule has 8 nitrogen and oxygen atoms in total. The lowest BCUT2D eigenvalue weighted by molar-refractivity contribution is -0.158. The zero-order chi connectivity index (χ0) is 18.0. The van der Waals surface area contributed by atoms with Crippen LogP contribution in [0.3, 0.4) is 0 Å². The lowest BCUT2D eigenvalue weighted by Crippen LogP contribution is -2.45. The quantitative estimate of drug-likeness (QED) is 0.755. The number of rotatable bonds is 5. The first kappa shape index (κ1) is 17.1. The number of aromatic amines is 1. The van der Waals surface area contributed by atoms with Crippen LogP contribution in [0.4, 0.5) is 13.6 Å². The highest BCUT2D eigenvalue weighted by Crippen LogP contribution is 2.23. The molecule has 3 N–H and O–H groups in total. The van der Waals surface area contributed by atoms with Crippen LogP contribution in [0, 0.1) is 0 Å². The molecule has 2 atom stereocenters. The van der Waals surface area contributed by atoms with E-state index in [1.54, 1.807) is 18.5 Å². The van der Waals surface area contributed by atoms with Crippen LogP contribution in [0.1, 0.15) is 12.1 Å². The number of pyridine rings is 1. The Kier molecular flexibility index (Phi) is 4.79. The maximum absolute atomic E-state index is 12.3. The number of alkyl halides is 2. The van der Waals surface area contributed by atoms with Gasteiger partial charge in [-0.25, -0.2) is 4.79 Å². The first-order valence-electron chi connectivity index (χ1n) is 7.56. The number of amides is 2. The molecule has 0 aromatic carbocycles. The number of carboxylic acid groups (broad SMARTS) is 1. The van der Waals surface area contributed by atoms with Crippen LogP contribution in [-0.4, -0.2) is 57.3 Å². The van der Waals surface area contributed by atoms with Gasteiger partial charge in [0.1, 0.15) is 6.04 Å². The van der Waals surface area contributed by atoms with Crippen LogP contribution in [0.25, 0.3) is 10.9 Å². The predicted molar refractivity (Wildman–Crippen MR) is 82.0 cm³/mol. The average molecular weight is 354 g/mol. The molecule has 134 valence electrons. The van der Waals surface area contributed by atoms with E-state index in [1.165, 1.54) is 0 Å². The molecule has 0 unspecified atom stereocenters. The van der Waals surface area contributed by atoms with Crippen molar-refractivity contribution in [3.8, 4) is 0 Å². The zero-order valence-electron chi connectivity index (χ0n) is 13.0. The number of ether oxygens (including phenoxy) is 1. The fraction of sp³-hybridized carbons (Fsp3) is 0.400. The molecule has 0 aliphatic carbocycles. The number of nitrogens with one attached hydrogen (secondary N) is 2. The van der Waals surface area contributed by atoms with Crippen molar-refractivity contribution >= 4 is 22.9 Å². The second-order valence-electron chi connectivity index (χ2n) is 5.68. The minimum absolute atomic E-state index is 0.112. The number of likely N-dealkylation sites (tertiary alicyclic amines) is 1. The van der Waals surface area contributed by atoms with Gasteiger partial charge in [-0.15, -0.1) is 0 Å². The third-order valence-corrected chi connectivity index (χ3v) is 4.04. The van der Waals surface area contributed by atoms with Crippen molar-refractivity contribution in [1.82, 2.24) is 20.2 Å². The van der Waals surface area contributed by atoms with Gasteiger partial charge in [0.05, 0.1) is 19.2 Å². The Morgan fingerprint density at radius 3 is 3.00 bits per heavy atom. The van der Waals surface area contributed by atoms with E-state index in [2.05, 4.69) is 20.0 Å². The summed E-state index contributed by atoms with van der Waals surface area (Å²) in [5, 5.41) is 12.7. The van der Waals surface area contributed by atoms with Crippen LogP contribution >= 0.6 is 0 Å². The molecule has 1 saturated heterocycles. The van der Waals surface area contributed by atoms with Gasteiger partial charge in [0, 0.05) is 35.4 Å². The van der Waals surface area contributed by atoms with E-state index in [1.807, 2.05) is 6.07 Å². The van der Waals surface area contributed by atoms with Gasteiger partial charge in [0.2, 0.25) is 5.91 Å². The van der Waals surface area contributed by atoms with Crippen molar-refractivity contribution < 1.29 is 28.2 Å². The van der Waals surface area contributed by atoms with Crippen molar-refractivity contribution in [2.24, 2.45) is 0 Å². The van der Waals surface area contributed by atoms with E-state index in [4.69, 9.17) is 5.11 Å². The summed E-state index contributed by atoms with van der Waals surface area (Å²) in [6.07, 6.45) is 0.836. The fourth-order valence-electron chi connectivity index (χ4n) is 2.93. The van der Waals surface area contributed by atoms with Crippen LogP contribution in [0.15, 0.2) is 24.5 Å². The van der Waals surface area contributed by atoms with Gasteiger partial charge in [-0.2, -0.15) is 8.78 Å². The normalized spacial score (nSPS) is 20.4. The van der Waals surface area contributed by atoms with Crippen molar-refractivity contribution in [2.75, 3.05) is 6.54 Å². The molecule has 2 aromatic heterocycles. The second kappa shape index (κ2) is 7.01. The summed E-state index contributed by atoms with van der Waals surface area (Å²) in [5.74, 6) is -0.556. The Morgan fingerprint density at radius 2 is 2.32 bits per heavy atom. The van der Waals surface area contributed by atoms with Crippen molar-refractivity contribution in [3.05, 3.63) is 30.2 Å². The molecule has 1 aliphatic heterocycles. The van der Waals surface area contributed by atoms with E-state index in [0.29, 0.717) is 0 Å². The maximum atomic E-state index is 12.3. The standard InChI is InChI=1S/C15H16F2N4O4/c16-14(17)25-10-4-12(21(7-10)15(23)24)13(22)19-6-9-3-8-5-18-2-1-11(8)20-9/h1-3,5,10,12,14,20H,4,6-7H2,(H,19,22)(H,23,24)/t10-,12+/m1/s1. The summed E-state index contributed by atoms with van der Waals surface area (Å²) in [7, 11) is 0. The summed E-state index contributed by atoms with van der Waals surface area (Å²) in [6.45, 7) is -3.13. The first-order valence-corrected chi connectivity index (χ1v) is 7.56. The number of fused-ring (bicyclic) bond motifs is 1. The number of hydrogen-bond acceptors (Lipinski definition) is 4. The van der Waals surface area contributed by atoms with E-state index in [-0.39, 0.29) is 19.5 Å². The molecule has 3 rings (SSSR count). The molecular weight excluding hydrogens is 338 g/mol. The fourth-order valence-corrected chi connectivity index (χ4v) is 2.93. The molecule has 0 spiro atoms. The lowest BCUT2D eigenvalue weighted by atomic mass is 10.2. The highest BCUT2D eigenvalue weighted by Gasteiger charge is 2.41. The van der Waals surface area contributed by atoms with Gasteiger partial charge >= 0.3 is 12.7 Å². The molecule has 0 radical (unpaired) electrons. The minimum Gasteiger partial charge on any atom is -0.465 e. The van der Waals surface area contributed by atoms with E-state index in [0.717, 1.165) is 21.5 Å². The summed E-state index contributed by atoms with van der Waals surface area (Å²) < 4.78 is 29.0. The molecule has 1 fully saturated rings. The third kappa shape index (κ3) is 3.85.